The third kappa shape index (κ3) is 3.13. The SMILES string of the molecule is Nc1cc(CCOCCO)cc2cc(-c3ccccc3)[nH]c12. The van der Waals surface area contributed by atoms with E-state index in [1.807, 2.05) is 24.3 Å². The van der Waals surface area contributed by atoms with Crippen molar-refractivity contribution in [2.45, 2.75) is 6.42 Å². The molecule has 0 saturated carbocycles. The minimum Gasteiger partial charge on any atom is -0.397 e. The number of nitrogens with one attached hydrogen (secondary N) is 1. The van der Waals surface area contributed by atoms with Crippen molar-refractivity contribution in [3.63, 3.8) is 0 Å². The van der Waals surface area contributed by atoms with E-state index in [0.29, 0.717) is 13.2 Å². The Labute approximate surface area is 129 Å². The standard InChI is InChI=1S/C18H20N2O2/c19-16-11-13(6-8-22-9-7-21)10-15-12-17(20-18(15)16)14-4-2-1-3-5-14/h1-5,10-12,20-21H,6-9,19H2. The molecule has 0 fully saturated rings. The van der Waals surface area contributed by atoms with Crippen molar-refractivity contribution in [2.24, 2.45) is 0 Å². The molecular formula is C18H20N2O2. The molecule has 2 aromatic carbocycles. The molecule has 114 valence electrons. The number of nitrogen functional groups attached to an aromatic ring is 1. The quantitative estimate of drug-likeness (QED) is 0.484. The van der Waals surface area contributed by atoms with E-state index in [0.717, 1.165) is 39.8 Å². The fourth-order valence-corrected chi connectivity index (χ4v) is 2.61. The van der Waals surface area contributed by atoms with Crippen LogP contribution in [-0.4, -0.2) is 29.9 Å². The van der Waals surface area contributed by atoms with Crippen LogP contribution in [0.1, 0.15) is 5.56 Å². The first-order valence-electron chi connectivity index (χ1n) is 7.43. The van der Waals surface area contributed by atoms with Crippen molar-refractivity contribution < 1.29 is 9.84 Å². The van der Waals surface area contributed by atoms with Gasteiger partial charge in [0.05, 0.1) is 31.0 Å². The molecule has 0 spiro atoms. The van der Waals surface area contributed by atoms with Gasteiger partial charge in [0.1, 0.15) is 0 Å². The number of nitrogens with two attached hydrogens (primary N) is 1. The van der Waals surface area contributed by atoms with Crippen LogP contribution in [-0.2, 0) is 11.2 Å². The van der Waals surface area contributed by atoms with Crippen molar-refractivity contribution in [2.75, 3.05) is 25.6 Å². The molecule has 3 aromatic rings. The van der Waals surface area contributed by atoms with Gasteiger partial charge in [0, 0.05) is 11.1 Å². The van der Waals surface area contributed by atoms with Gasteiger partial charge in [0.2, 0.25) is 0 Å². The van der Waals surface area contributed by atoms with Crippen LogP contribution in [0.2, 0.25) is 0 Å². The molecule has 0 aliphatic heterocycles. The van der Waals surface area contributed by atoms with Crippen molar-refractivity contribution in [3.05, 3.63) is 54.1 Å². The van der Waals surface area contributed by atoms with Gasteiger partial charge in [-0.25, -0.2) is 0 Å². The first kappa shape index (κ1) is 14.6. The van der Waals surface area contributed by atoms with E-state index in [1.165, 1.54) is 0 Å². The van der Waals surface area contributed by atoms with E-state index in [-0.39, 0.29) is 6.61 Å². The van der Waals surface area contributed by atoms with Crippen LogP contribution in [0.5, 0.6) is 0 Å². The first-order valence-corrected chi connectivity index (χ1v) is 7.43. The summed E-state index contributed by atoms with van der Waals surface area (Å²) in [6.45, 7) is 1.01. The Morgan fingerprint density at radius 1 is 1.05 bits per heavy atom. The Morgan fingerprint density at radius 3 is 2.64 bits per heavy atom. The number of ether oxygens (including phenoxy) is 1. The zero-order chi connectivity index (χ0) is 15.4. The minimum atomic E-state index is 0.0550. The van der Waals surface area contributed by atoms with Gasteiger partial charge in [-0.2, -0.15) is 0 Å². The fraction of sp³-hybridized carbons (Fsp3) is 0.222. The fourth-order valence-electron chi connectivity index (χ4n) is 2.61. The van der Waals surface area contributed by atoms with E-state index in [2.05, 4.69) is 29.2 Å². The lowest BCUT2D eigenvalue weighted by atomic mass is 10.1. The smallest absolute Gasteiger partial charge is 0.0697 e. The monoisotopic (exact) mass is 296 g/mol. The van der Waals surface area contributed by atoms with Gasteiger partial charge < -0.3 is 20.6 Å². The second kappa shape index (κ2) is 6.64. The van der Waals surface area contributed by atoms with Crippen LogP contribution in [0.3, 0.4) is 0 Å². The average molecular weight is 296 g/mol. The van der Waals surface area contributed by atoms with Gasteiger partial charge in [-0.3, -0.25) is 0 Å². The van der Waals surface area contributed by atoms with Crippen LogP contribution >= 0.6 is 0 Å². The number of fused-ring (bicyclic) bond motifs is 1. The number of hydrogen-bond acceptors (Lipinski definition) is 3. The van der Waals surface area contributed by atoms with E-state index in [4.69, 9.17) is 15.6 Å². The minimum absolute atomic E-state index is 0.0550. The zero-order valence-electron chi connectivity index (χ0n) is 12.4. The Bertz CT molecular complexity index is 750. The maximum Gasteiger partial charge on any atom is 0.0697 e. The highest BCUT2D eigenvalue weighted by molar-refractivity contribution is 5.94. The van der Waals surface area contributed by atoms with Gasteiger partial charge >= 0.3 is 0 Å². The lowest BCUT2D eigenvalue weighted by Crippen LogP contribution is -2.03. The second-order valence-corrected chi connectivity index (χ2v) is 5.28. The lowest BCUT2D eigenvalue weighted by molar-refractivity contribution is 0.0944. The molecule has 4 nitrogen and oxygen atoms in total. The number of benzene rings is 2. The number of aliphatic hydroxyl groups excluding tert-OH is 1. The van der Waals surface area contributed by atoms with Gasteiger partial charge in [0.15, 0.2) is 0 Å². The Hall–Kier alpha value is -2.30. The molecule has 0 atom stereocenters. The second-order valence-electron chi connectivity index (χ2n) is 5.28. The van der Waals surface area contributed by atoms with Crippen molar-refractivity contribution in [3.8, 4) is 11.3 Å². The highest BCUT2D eigenvalue weighted by atomic mass is 16.5. The number of hydrogen-bond donors (Lipinski definition) is 3. The molecule has 0 saturated heterocycles. The largest absolute Gasteiger partial charge is 0.397 e. The Kier molecular flexibility index (Phi) is 4.42. The van der Waals surface area contributed by atoms with Crippen LogP contribution in [0, 0.1) is 0 Å². The normalized spacial score (nSPS) is 11.1. The molecule has 0 aliphatic carbocycles. The third-order valence-corrected chi connectivity index (χ3v) is 3.67. The number of rotatable bonds is 6. The summed E-state index contributed by atoms with van der Waals surface area (Å²) < 4.78 is 5.31. The van der Waals surface area contributed by atoms with Crippen LogP contribution in [0.25, 0.3) is 22.2 Å². The molecule has 1 heterocycles. The number of anilines is 1. The van der Waals surface area contributed by atoms with Gasteiger partial charge in [-0.05, 0) is 35.7 Å². The highest BCUT2D eigenvalue weighted by Crippen LogP contribution is 2.28. The number of aromatic nitrogens is 1. The molecule has 22 heavy (non-hydrogen) atoms. The van der Waals surface area contributed by atoms with Crippen molar-refractivity contribution in [1.29, 1.82) is 0 Å². The molecule has 0 aliphatic rings. The predicted octanol–water partition coefficient (Wildman–Crippen LogP) is 2.97. The Balaban J connectivity index is 1.87. The predicted molar refractivity (Wildman–Crippen MR) is 89.8 cm³/mol. The summed E-state index contributed by atoms with van der Waals surface area (Å²) in [7, 11) is 0. The molecular weight excluding hydrogens is 276 g/mol. The molecule has 4 N–H and O–H groups in total. The van der Waals surface area contributed by atoms with E-state index < -0.39 is 0 Å². The van der Waals surface area contributed by atoms with Crippen LogP contribution in [0.4, 0.5) is 5.69 Å². The molecule has 0 amide bonds. The summed E-state index contributed by atoms with van der Waals surface area (Å²) in [5.74, 6) is 0. The number of aromatic amines is 1. The maximum absolute atomic E-state index is 8.71. The third-order valence-electron chi connectivity index (χ3n) is 3.67. The average Bonchev–Trinajstić information content (AvgIpc) is 2.97. The maximum atomic E-state index is 8.71. The number of aliphatic hydroxyl groups is 1. The summed E-state index contributed by atoms with van der Waals surface area (Å²) >= 11 is 0. The summed E-state index contributed by atoms with van der Waals surface area (Å²) in [5, 5.41) is 9.82. The Morgan fingerprint density at radius 2 is 1.86 bits per heavy atom. The molecule has 0 radical (unpaired) electrons. The number of H-pyrrole nitrogens is 1. The van der Waals surface area contributed by atoms with Crippen LogP contribution < -0.4 is 5.73 Å². The molecule has 4 heteroatoms. The van der Waals surface area contributed by atoms with E-state index in [1.54, 1.807) is 0 Å². The van der Waals surface area contributed by atoms with E-state index in [9.17, 15) is 0 Å². The van der Waals surface area contributed by atoms with Crippen LogP contribution in [0.15, 0.2) is 48.5 Å². The molecule has 0 unspecified atom stereocenters. The topological polar surface area (TPSA) is 71.3 Å². The van der Waals surface area contributed by atoms with Crippen molar-refractivity contribution in [1.82, 2.24) is 4.98 Å². The van der Waals surface area contributed by atoms with E-state index >= 15 is 0 Å². The molecule has 3 rings (SSSR count). The zero-order valence-corrected chi connectivity index (χ0v) is 12.4. The summed E-state index contributed by atoms with van der Waals surface area (Å²) in [5.41, 5.74) is 11.2. The van der Waals surface area contributed by atoms with Crippen molar-refractivity contribution >= 4 is 16.6 Å². The lowest BCUT2D eigenvalue weighted by Gasteiger charge is -2.05. The van der Waals surface area contributed by atoms with Gasteiger partial charge in [0.25, 0.3) is 0 Å². The highest BCUT2D eigenvalue weighted by Gasteiger charge is 2.07. The molecule has 1 aromatic heterocycles. The summed E-state index contributed by atoms with van der Waals surface area (Å²) in [6.07, 6.45) is 0.784. The molecule has 0 bridgehead atoms. The van der Waals surface area contributed by atoms with Gasteiger partial charge in [-0.1, -0.05) is 30.3 Å². The first-order chi connectivity index (χ1) is 10.8. The summed E-state index contributed by atoms with van der Waals surface area (Å²) in [6, 6.07) is 16.4. The van der Waals surface area contributed by atoms with Gasteiger partial charge in [-0.15, -0.1) is 0 Å². The summed E-state index contributed by atoms with van der Waals surface area (Å²) in [4.78, 5) is 3.39.